The molecule has 0 bridgehead atoms. The van der Waals surface area contributed by atoms with E-state index < -0.39 is 12.0 Å². The molecule has 17 heavy (non-hydrogen) atoms. The summed E-state index contributed by atoms with van der Waals surface area (Å²) in [6, 6.07) is -0.629. The number of nitrogens with one attached hydrogen (secondary N) is 2. The summed E-state index contributed by atoms with van der Waals surface area (Å²) >= 11 is 0. The first-order valence-electron chi connectivity index (χ1n) is 4.74. The molecule has 8 nitrogen and oxygen atoms in total. The number of hydrogen-bond donors (Lipinski definition) is 2. The lowest BCUT2D eigenvalue weighted by molar-refractivity contribution is -0.141. The molecule has 0 atom stereocenters. The highest BCUT2D eigenvalue weighted by Gasteiger charge is 2.08. The standard InChI is InChI=1S/C9H13N3O5/c1-17-8(15)3-2-7(14)4-11-9(16)12-5-10-6-13/h2-5H2,1H3,(H2,11,12,16). The van der Waals surface area contributed by atoms with Gasteiger partial charge in [-0.2, -0.15) is 4.99 Å². The van der Waals surface area contributed by atoms with Crippen LogP contribution in [0.1, 0.15) is 12.8 Å². The van der Waals surface area contributed by atoms with Crippen molar-refractivity contribution in [2.75, 3.05) is 20.3 Å². The molecule has 8 heteroatoms. The number of esters is 1. The van der Waals surface area contributed by atoms with Gasteiger partial charge in [0.15, 0.2) is 5.78 Å². The van der Waals surface area contributed by atoms with E-state index in [1.165, 1.54) is 13.2 Å². The van der Waals surface area contributed by atoms with Crippen LogP contribution in [0.5, 0.6) is 0 Å². The number of ether oxygens (including phenoxy) is 1. The van der Waals surface area contributed by atoms with Crippen molar-refractivity contribution in [2.45, 2.75) is 12.8 Å². The molecule has 0 saturated carbocycles. The average Bonchev–Trinajstić information content (AvgIpc) is 2.33. The Balaban J connectivity index is 3.65. The summed E-state index contributed by atoms with van der Waals surface area (Å²) < 4.78 is 4.35. The first-order valence-corrected chi connectivity index (χ1v) is 4.74. The predicted molar refractivity (Wildman–Crippen MR) is 55.8 cm³/mol. The number of aliphatic imine (C=N–C) groups is 1. The molecular weight excluding hydrogens is 230 g/mol. The molecule has 0 spiro atoms. The van der Waals surface area contributed by atoms with E-state index in [-0.39, 0.29) is 31.8 Å². The fourth-order valence-electron chi connectivity index (χ4n) is 0.817. The zero-order chi connectivity index (χ0) is 13.1. The van der Waals surface area contributed by atoms with Crippen molar-refractivity contribution in [3.8, 4) is 0 Å². The minimum Gasteiger partial charge on any atom is -0.469 e. The molecule has 0 aliphatic rings. The van der Waals surface area contributed by atoms with Crippen LogP contribution < -0.4 is 10.6 Å². The van der Waals surface area contributed by atoms with E-state index in [2.05, 4.69) is 20.4 Å². The molecule has 0 aromatic heterocycles. The van der Waals surface area contributed by atoms with Crippen LogP contribution in [0.3, 0.4) is 0 Å². The molecule has 2 amide bonds. The molecule has 0 radical (unpaired) electrons. The number of nitrogens with zero attached hydrogens (tertiary/aromatic N) is 1. The summed E-state index contributed by atoms with van der Waals surface area (Å²) in [6.07, 6.45) is 1.22. The number of methoxy groups -OCH3 is 1. The molecule has 0 aliphatic heterocycles. The van der Waals surface area contributed by atoms with Crippen molar-refractivity contribution in [2.24, 2.45) is 4.99 Å². The lowest BCUT2D eigenvalue weighted by Crippen LogP contribution is -2.38. The minimum atomic E-state index is -0.629. The average molecular weight is 243 g/mol. The first-order chi connectivity index (χ1) is 8.10. The third-order valence-electron chi connectivity index (χ3n) is 1.66. The first kappa shape index (κ1) is 14.8. The van der Waals surface area contributed by atoms with E-state index in [1.807, 2.05) is 0 Å². The van der Waals surface area contributed by atoms with E-state index in [1.54, 1.807) is 0 Å². The zero-order valence-electron chi connectivity index (χ0n) is 9.32. The van der Waals surface area contributed by atoms with E-state index >= 15 is 0 Å². The number of hydrogen-bond acceptors (Lipinski definition) is 6. The molecule has 0 aromatic carbocycles. The number of isocyanates is 1. The van der Waals surface area contributed by atoms with Gasteiger partial charge in [-0.15, -0.1) is 0 Å². The predicted octanol–water partition coefficient (Wildman–Crippen LogP) is -0.899. The molecule has 0 heterocycles. The molecule has 0 unspecified atom stereocenters. The van der Waals surface area contributed by atoms with Crippen LogP contribution >= 0.6 is 0 Å². The summed E-state index contributed by atoms with van der Waals surface area (Å²) in [5.74, 6) is -0.785. The summed E-state index contributed by atoms with van der Waals surface area (Å²) in [7, 11) is 1.23. The van der Waals surface area contributed by atoms with Crippen LogP contribution in [0, 0.1) is 0 Å². The number of carbonyl (C=O) groups is 3. The van der Waals surface area contributed by atoms with Crippen LogP contribution in [-0.4, -0.2) is 44.2 Å². The van der Waals surface area contributed by atoms with Crippen LogP contribution in [0.15, 0.2) is 4.99 Å². The van der Waals surface area contributed by atoms with Gasteiger partial charge in [0.05, 0.1) is 20.1 Å². The van der Waals surface area contributed by atoms with Gasteiger partial charge in [0.25, 0.3) is 0 Å². The second-order valence-electron chi connectivity index (χ2n) is 2.88. The lowest BCUT2D eigenvalue weighted by Gasteiger charge is -2.04. The molecule has 0 aliphatic carbocycles. The van der Waals surface area contributed by atoms with Crippen LogP contribution in [-0.2, 0) is 19.1 Å². The molecule has 0 saturated heterocycles. The highest BCUT2D eigenvalue weighted by molar-refractivity contribution is 5.87. The van der Waals surface area contributed by atoms with Crippen molar-refractivity contribution >= 4 is 23.9 Å². The molecule has 0 rings (SSSR count). The Bertz CT molecular complexity index is 336. The van der Waals surface area contributed by atoms with Gasteiger partial charge in [-0.3, -0.25) is 9.59 Å². The maximum Gasteiger partial charge on any atom is 0.316 e. The van der Waals surface area contributed by atoms with Crippen LogP contribution in [0.25, 0.3) is 0 Å². The number of Topliss-reactive ketones (excluding diaryl/α,β-unsaturated/α-hetero) is 1. The van der Waals surface area contributed by atoms with E-state index in [0.717, 1.165) is 0 Å². The van der Waals surface area contributed by atoms with Crippen molar-refractivity contribution < 1.29 is 23.9 Å². The third kappa shape index (κ3) is 8.76. The van der Waals surface area contributed by atoms with Crippen LogP contribution in [0.4, 0.5) is 4.79 Å². The number of ketones is 1. The quantitative estimate of drug-likeness (QED) is 0.341. The van der Waals surface area contributed by atoms with Gasteiger partial charge in [0.1, 0.15) is 6.67 Å². The third-order valence-corrected chi connectivity index (χ3v) is 1.66. The highest BCUT2D eigenvalue weighted by Crippen LogP contribution is 1.92. The van der Waals surface area contributed by atoms with E-state index in [4.69, 9.17) is 0 Å². The Kier molecular flexibility index (Phi) is 7.87. The van der Waals surface area contributed by atoms with Gasteiger partial charge < -0.3 is 15.4 Å². The second kappa shape index (κ2) is 9.05. The second-order valence-corrected chi connectivity index (χ2v) is 2.88. The van der Waals surface area contributed by atoms with Crippen molar-refractivity contribution in [3.63, 3.8) is 0 Å². The van der Waals surface area contributed by atoms with Gasteiger partial charge in [-0.1, -0.05) is 0 Å². The Morgan fingerprint density at radius 1 is 1.24 bits per heavy atom. The zero-order valence-corrected chi connectivity index (χ0v) is 9.32. The van der Waals surface area contributed by atoms with Gasteiger partial charge >= 0.3 is 12.0 Å². The minimum absolute atomic E-state index is 0.000552. The highest BCUT2D eigenvalue weighted by atomic mass is 16.5. The summed E-state index contributed by atoms with van der Waals surface area (Å²) in [6.45, 7) is -0.403. The van der Waals surface area contributed by atoms with Crippen LogP contribution in [0.2, 0.25) is 0 Å². The maximum atomic E-state index is 11.2. The fourth-order valence-corrected chi connectivity index (χ4v) is 0.817. The lowest BCUT2D eigenvalue weighted by atomic mass is 10.2. The molecule has 0 fully saturated rings. The molecule has 2 N–H and O–H groups in total. The summed E-state index contributed by atoms with van der Waals surface area (Å²) in [4.78, 5) is 45.6. The van der Waals surface area contributed by atoms with Gasteiger partial charge in [0, 0.05) is 6.42 Å². The largest absolute Gasteiger partial charge is 0.469 e. The monoisotopic (exact) mass is 243 g/mol. The summed E-state index contributed by atoms with van der Waals surface area (Å²) in [5, 5.41) is 4.43. The SMILES string of the molecule is COC(=O)CCC(=O)CNC(=O)NCN=C=O. The van der Waals surface area contributed by atoms with Crippen molar-refractivity contribution in [1.82, 2.24) is 10.6 Å². The molecule has 0 aromatic rings. The van der Waals surface area contributed by atoms with Gasteiger partial charge in [-0.05, 0) is 0 Å². The van der Waals surface area contributed by atoms with E-state index in [0.29, 0.717) is 0 Å². The van der Waals surface area contributed by atoms with Crippen molar-refractivity contribution in [3.05, 3.63) is 0 Å². The summed E-state index contributed by atoms with van der Waals surface area (Å²) in [5.41, 5.74) is 0. The van der Waals surface area contributed by atoms with E-state index in [9.17, 15) is 19.2 Å². The topological polar surface area (TPSA) is 114 Å². The normalized spacial score (nSPS) is 8.76. The fraction of sp³-hybridized carbons (Fsp3) is 0.556. The smallest absolute Gasteiger partial charge is 0.316 e. The Labute approximate surface area is 97.4 Å². The number of urea groups is 1. The maximum absolute atomic E-state index is 11.2. The molecule has 94 valence electrons. The Morgan fingerprint density at radius 3 is 2.53 bits per heavy atom. The van der Waals surface area contributed by atoms with Gasteiger partial charge in [-0.25, -0.2) is 9.59 Å². The number of carbonyl (C=O) groups excluding carboxylic acids is 4. The number of amides is 2. The Hall–Kier alpha value is -2.21. The van der Waals surface area contributed by atoms with Crippen molar-refractivity contribution in [1.29, 1.82) is 0 Å². The molecular formula is C9H13N3O5. The number of rotatable bonds is 7. The van der Waals surface area contributed by atoms with Gasteiger partial charge in [0.2, 0.25) is 6.08 Å². The Morgan fingerprint density at radius 2 is 1.94 bits per heavy atom.